The van der Waals surface area contributed by atoms with E-state index in [1.165, 1.54) is 0 Å². The summed E-state index contributed by atoms with van der Waals surface area (Å²) in [4.78, 5) is 9.00. The maximum Gasteiger partial charge on any atom is 0.300 e. The second kappa shape index (κ2) is 6.33. The minimum absolute atomic E-state index is 0.312. The molecule has 0 unspecified atom stereocenters. The maximum atomic E-state index is 9.00. The summed E-state index contributed by atoms with van der Waals surface area (Å²) in [5.41, 5.74) is 9.49. The fourth-order valence-corrected chi connectivity index (χ4v) is 0.145. The lowest BCUT2D eigenvalue weighted by molar-refractivity contribution is -0.134. The van der Waals surface area contributed by atoms with Crippen molar-refractivity contribution in [3.05, 3.63) is 0 Å². The van der Waals surface area contributed by atoms with Crippen LogP contribution >= 0.6 is 0 Å². The van der Waals surface area contributed by atoms with Gasteiger partial charge in [0.15, 0.2) is 11.9 Å². The van der Waals surface area contributed by atoms with Crippen molar-refractivity contribution in [2.75, 3.05) is 0 Å². The van der Waals surface area contributed by atoms with E-state index < -0.39 is 5.97 Å². The van der Waals surface area contributed by atoms with Gasteiger partial charge in [-0.25, -0.2) is 0 Å². The second-order valence-electron chi connectivity index (χ2n) is 1.47. The van der Waals surface area contributed by atoms with Gasteiger partial charge in [0.2, 0.25) is 0 Å². The molecule has 0 aliphatic heterocycles. The molecule has 0 aliphatic rings. The second-order valence-corrected chi connectivity index (χ2v) is 1.47. The van der Waals surface area contributed by atoms with Gasteiger partial charge in [-0.05, 0) is 0 Å². The van der Waals surface area contributed by atoms with Crippen LogP contribution in [-0.2, 0) is 4.79 Å². The molecular formula is C4H11N5O2. The third-order valence-electron chi connectivity index (χ3n) is 0.269. The molecule has 0 aromatic rings. The highest BCUT2D eigenvalue weighted by atomic mass is 16.4. The smallest absolute Gasteiger partial charge is 0.300 e. The Hall–Kier alpha value is -1.79. The third-order valence-corrected chi connectivity index (χ3v) is 0.269. The number of carboxylic acids is 1. The Kier molecular flexibility index (Phi) is 6.87. The molecule has 0 amide bonds. The number of carbonyl (C=O) groups is 1. The van der Waals surface area contributed by atoms with Gasteiger partial charge in [0, 0.05) is 6.92 Å². The summed E-state index contributed by atoms with van der Waals surface area (Å²) in [6.45, 7) is 1.08. The van der Waals surface area contributed by atoms with E-state index in [4.69, 9.17) is 32.2 Å². The first-order valence-electron chi connectivity index (χ1n) is 2.51. The first-order valence-corrected chi connectivity index (χ1v) is 2.51. The summed E-state index contributed by atoms with van der Waals surface area (Å²) < 4.78 is 0. The maximum absolute atomic E-state index is 9.00. The Balaban J connectivity index is 0. The van der Waals surface area contributed by atoms with Gasteiger partial charge >= 0.3 is 0 Å². The van der Waals surface area contributed by atoms with Crippen LogP contribution in [-0.4, -0.2) is 23.0 Å². The van der Waals surface area contributed by atoms with Crippen molar-refractivity contribution >= 4 is 17.9 Å². The molecule has 0 saturated heterocycles. The Morgan fingerprint density at radius 2 is 1.55 bits per heavy atom. The lowest BCUT2D eigenvalue weighted by atomic mass is 10.9. The van der Waals surface area contributed by atoms with E-state index in [0.717, 1.165) is 6.92 Å². The van der Waals surface area contributed by atoms with Crippen molar-refractivity contribution in [1.82, 2.24) is 5.32 Å². The standard InChI is InChI=1S/C2H7N5.C2H4O2/c3-1(4)7-2(5)6;1-2(3)4/h(H7,3,4,5,6,7);1H3,(H,3,4). The van der Waals surface area contributed by atoms with Crippen molar-refractivity contribution in [3.63, 3.8) is 0 Å². The van der Waals surface area contributed by atoms with E-state index in [0.29, 0.717) is 0 Å². The normalized spacial score (nSPS) is 7.00. The number of carboxylic acid groups (broad SMARTS) is 1. The molecule has 0 saturated carbocycles. The van der Waals surface area contributed by atoms with Crippen LogP contribution in [0.5, 0.6) is 0 Å². The molecule has 7 heteroatoms. The van der Waals surface area contributed by atoms with Gasteiger partial charge < -0.3 is 16.6 Å². The topological polar surface area (TPSA) is 149 Å². The van der Waals surface area contributed by atoms with Crippen LogP contribution in [0.3, 0.4) is 0 Å². The fraction of sp³-hybridized carbons (Fsp3) is 0.250. The van der Waals surface area contributed by atoms with Gasteiger partial charge in [0.1, 0.15) is 0 Å². The zero-order chi connectivity index (χ0) is 9.44. The predicted molar refractivity (Wildman–Crippen MR) is 40.3 cm³/mol. The zero-order valence-corrected chi connectivity index (χ0v) is 6.01. The monoisotopic (exact) mass is 161 g/mol. The number of hydrogen-bond donors (Lipinski definition) is 6. The molecule has 0 rings (SSSR count). The van der Waals surface area contributed by atoms with Gasteiger partial charge in [-0.3, -0.25) is 20.9 Å². The van der Waals surface area contributed by atoms with Crippen LogP contribution in [0.25, 0.3) is 0 Å². The lowest BCUT2D eigenvalue weighted by Gasteiger charge is -1.95. The van der Waals surface area contributed by atoms with E-state index >= 15 is 0 Å². The third kappa shape index (κ3) is 64.8. The molecule has 0 aromatic carbocycles. The first kappa shape index (κ1) is 11.9. The van der Waals surface area contributed by atoms with Crippen molar-refractivity contribution in [3.8, 4) is 0 Å². The van der Waals surface area contributed by atoms with Crippen molar-refractivity contribution in [2.45, 2.75) is 6.92 Å². The Morgan fingerprint density at radius 1 is 1.36 bits per heavy atom. The van der Waals surface area contributed by atoms with Crippen molar-refractivity contribution in [1.29, 1.82) is 10.8 Å². The average Bonchev–Trinajstić information content (AvgIpc) is 1.56. The highest BCUT2D eigenvalue weighted by Crippen LogP contribution is 1.44. The zero-order valence-electron chi connectivity index (χ0n) is 6.01. The molecule has 64 valence electrons. The molecule has 11 heavy (non-hydrogen) atoms. The molecule has 7 nitrogen and oxygen atoms in total. The van der Waals surface area contributed by atoms with Crippen LogP contribution in [0.1, 0.15) is 6.92 Å². The summed E-state index contributed by atoms with van der Waals surface area (Å²) >= 11 is 0. The van der Waals surface area contributed by atoms with Crippen LogP contribution < -0.4 is 16.8 Å². The molecule has 0 bridgehead atoms. The number of rotatable bonds is 0. The van der Waals surface area contributed by atoms with Gasteiger partial charge in [-0.1, -0.05) is 0 Å². The fourth-order valence-electron chi connectivity index (χ4n) is 0.145. The number of hydrogen-bond acceptors (Lipinski definition) is 3. The molecule has 8 N–H and O–H groups in total. The summed E-state index contributed by atoms with van der Waals surface area (Å²) in [5.74, 6) is -1.46. The van der Waals surface area contributed by atoms with E-state index in [-0.39, 0.29) is 11.9 Å². The number of guanidine groups is 2. The molecule has 0 heterocycles. The predicted octanol–water partition coefficient (Wildman–Crippen LogP) is -1.55. The Labute approximate surface area is 63.4 Å². The molecule has 0 atom stereocenters. The Morgan fingerprint density at radius 3 is 1.55 bits per heavy atom. The summed E-state index contributed by atoms with van der Waals surface area (Å²) in [5, 5.41) is 22.4. The molecular weight excluding hydrogens is 150 g/mol. The van der Waals surface area contributed by atoms with E-state index in [2.05, 4.69) is 0 Å². The molecule has 0 spiro atoms. The Bertz CT molecular complexity index is 150. The summed E-state index contributed by atoms with van der Waals surface area (Å²) in [7, 11) is 0. The molecule has 0 radical (unpaired) electrons. The highest BCUT2D eigenvalue weighted by molar-refractivity contribution is 5.93. The van der Waals surface area contributed by atoms with Crippen LogP contribution in [0, 0.1) is 10.8 Å². The first-order chi connectivity index (χ1) is 4.86. The summed E-state index contributed by atoms with van der Waals surface area (Å²) in [6.07, 6.45) is 0. The quantitative estimate of drug-likeness (QED) is 0.188. The molecule has 0 aliphatic carbocycles. The summed E-state index contributed by atoms with van der Waals surface area (Å²) in [6, 6.07) is 0. The minimum atomic E-state index is -0.833. The number of aliphatic carboxylic acids is 1. The average molecular weight is 161 g/mol. The lowest BCUT2D eigenvalue weighted by Crippen LogP contribution is -2.39. The van der Waals surface area contributed by atoms with Crippen molar-refractivity contribution in [2.24, 2.45) is 11.5 Å². The van der Waals surface area contributed by atoms with Crippen molar-refractivity contribution < 1.29 is 9.90 Å². The van der Waals surface area contributed by atoms with Crippen LogP contribution in [0.15, 0.2) is 0 Å². The van der Waals surface area contributed by atoms with Gasteiger partial charge in [-0.2, -0.15) is 0 Å². The highest BCUT2D eigenvalue weighted by Gasteiger charge is 1.83. The van der Waals surface area contributed by atoms with E-state index in [9.17, 15) is 0 Å². The molecule has 0 fully saturated rings. The number of nitrogens with one attached hydrogen (secondary N) is 3. The van der Waals surface area contributed by atoms with Gasteiger partial charge in [-0.15, -0.1) is 0 Å². The van der Waals surface area contributed by atoms with E-state index in [1.54, 1.807) is 0 Å². The van der Waals surface area contributed by atoms with Gasteiger partial charge in [0.05, 0.1) is 0 Å². The van der Waals surface area contributed by atoms with Gasteiger partial charge in [0.25, 0.3) is 5.97 Å². The minimum Gasteiger partial charge on any atom is -0.481 e. The van der Waals surface area contributed by atoms with Crippen LogP contribution in [0.4, 0.5) is 0 Å². The van der Waals surface area contributed by atoms with Crippen LogP contribution in [0.2, 0.25) is 0 Å². The van der Waals surface area contributed by atoms with E-state index in [1.807, 2.05) is 5.32 Å². The molecule has 0 aromatic heterocycles. The largest absolute Gasteiger partial charge is 0.481 e. The SMILES string of the molecule is CC(=O)O.N=C(N)NC(=N)N. The number of nitrogens with two attached hydrogens (primary N) is 2.